The van der Waals surface area contributed by atoms with Crippen molar-refractivity contribution in [3.8, 4) is 5.75 Å². The maximum atomic E-state index is 12.3. The molecule has 2 N–H and O–H groups in total. The zero-order valence-corrected chi connectivity index (χ0v) is 10.3. The summed E-state index contributed by atoms with van der Waals surface area (Å²) in [7, 11) is 0. The average Bonchev–Trinajstić information content (AvgIpc) is 2.93. The van der Waals surface area contributed by atoms with Gasteiger partial charge in [-0.05, 0) is 30.0 Å². The molecule has 0 aliphatic carbocycles. The molecule has 18 heavy (non-hydrogen) atoms. The summed E-state index contributed by atoms with van der Waals surface area (Å²) in [6.45, 7) is 2.88. The van der Waals surface area contributed by atoms with Gasteiger partial charge in [0.15, 0.2) is 0 Å². The van der Waals surface area contributed by atoms with E-state index in [1.54, 1.807) is 12.1 Å². The molecule has 1 amide bonds. The molecule has 2 fully saturated rings. The van der Waals surface area contributed by atoms with Gasteiger partial charge in [-0.2, -0.15) is 0 Å². The van der Waals surface area contributed by atoms with Crippen molar-refractivity contribution in [2.75, 3.05) is 19.6 Å². The summed E-state index contributed by atoms with van der Waals surface area (Å²) in [5, 5.41) is 12.6. The smallest absolute Gasteiger partial charge is 0.227 e. The van der Waals surface area contributed by atoms with Crippen molar-refractivity contribution in [2.24, 2.45) is 5.92 Å². The first-order valence-electron chi connectivity index (χ1n) is 6.52. The molecule has 4 heteroatoms. The van der Waals surface area contributed by atoms with Crippen molar-refractivity contribution >= 4 is 5.91 Å². The summed E-state index contributed by atoms with van der Waals surface area (Å²) in [5.74, 6) is 1.10. The van der Waals surface area contributed by atoms with Gasteiger partial charge in [-0.15, -0.1) is 0 Å². The molecule has 2 atom stereocenters. The summed E-state index contributed by atoms with van der Waals surface area (Å²) < 4.78 is 0. The van der Waals surface area contributed by atoms with Crippen LogP contribution in [0, 0.1) is 5.92 Å². The number of amides is 1. The molecule has 1 aromatic rings. The fraction of sp³-hybridized carbons (Fsp3) is 0.500. The minimum Gasteiger partial charge on any atom is -0.508 e. The zero-order valence-electron chi connectivity index (χ0n) is 10.3. The summed E-state index contributed by atoms with van der Waals surface area (Å²) >= 11 is 0. The molecule has 4 nitrogen and oxygen atoms in total. The lowest BCUT2D eigenvalue weighted by atomic mass is 10.0. The highest BCUT2D eigenvalue weighted by atomic mass is 16.3. The maximum absolute atomic E-state index is 12.3. The van der Waals surface area contributed by atoms with Crippen molar-refractivity contribution in [3.05, 3.63) is 29.8 Å². The van der Waals surface area contributed by atoms with E-state index in [2.05, 4.69) is 5.32 Å². The Labute approximate surface area is 107 Å². The van der Waals surface area contributed by atoms with Gasteiger partial charge in [0, 0.05) is 25.7 Å². The van der Waals surface area contributed by atoms with E-state index < -0.39 is 0 Å². The second-order valence-electron chi connectivity index (χ2n) is 5.20. The van der Waals surface area contributed by atoms with E-state index >= 15 is 0 Å². The second-order valence-corrected chi connectivity index (χ2v) is 5.20. The van der Waals surface area contributed by atoms with Crippen LogP contribution in [0.3, 0.4) is 0 Å². The highest BCUT2D eigenvalue weighted by molar-refractivity contribution is 5.79. The third-order valence-electron chi connectivity index (χ3n) is 4.06. The van der Waals surface area contributed by atoms with Gasteiger partial charge in [-0.25, -0.2) is 0 Å². The largest absolute Gasteiger partial charge is 0.508 e. The fourth-order valence-electron chi connectivity index (χ4n) is 3.05. The number of aromatic hydroxyl groups is 1. The summed E-state index contributed by atoms with van der Waals surface area (Å²) in [6.07, 6.45) is 1.56. The predicted octanol–water partition coefficient (Wildman–Crippen LogP) is 0.755. The topological polar surface area (TPSA) is 52.6 Å². The number of carbonyl (C=O) groups is 1. The van der Waals surface area contributed by atoms with Crippen LogP contribution in [0.15, 0.2) is 24.3 Å². The van der Waals surface area contributed by atoms with Gasteiger partial charge in [0.2, 0.25) is 5.91 Å². The molecule has 2 saturated heterocycles. The maximum Gasteiger partial charge on any atom is 0.227 e. The van der Waals surface area contributed by atoms with Crippen LogP contribution in [-0.2, 0) is 11.2 Å². The molecule has 0 aromatic heterocycles. The molecule has 96 valence electrons. The normalized spacial score (nSPS) is 26.3. The lowest BCUT2D eigenvalue weighted by Gasteiger charge is -2.23. The summed E-state index contributed by atoms with van der Waals surface area (Å²) in [4.78, 5) is 14.3. The zero-order chi connectivity index (χ0) is 12.5. The molecule has 0 unspecified atom stereocenters. The number of nitrogens with zero attached hydrogens (tertiary/aromatic N) is 1. The number of hydrogen-bond acceptors (Lipinski definition) is 3. The SMILES string of the molecule is O=C(Cc1ccc(O)cc1)N1CC[C@@H]2CNC[C@@H]21. The van der Waals surface area contributed by atoms with Crippen LogP contribution < -0.4 is 5.32 Å². The fourth-order valence-corrected chi connectivity index (χ4v) is 3.05. The first-order valence-corrected chi connectivity index (χ1v) is 6.52. The number of phenols is 1. The van der Waals surface area contributed by atoms with Crippen molar-refractivity contribution in [1.82, 2.24) is 10.2 Å². The van der Waals surface area contributed by atoms with Gasteiger partial charge in [-0.1, -0.05) is 12.1 Å². The van der Waals surface area contributed by atoms with Crippen LogP contribution in [0.2, 0.25) is 0 Å². The van der Waals surface area contributed by atoms with Gasteiger partial charge >= 0.3 is 0 Å². The number of phenolic OH excluding ortho intramolecular Hbond substituents is 1. The molecule has 1 aromatic carbocycles. The van der Waals surface area contributed by atoms with Crippen LogP contribution in [0.25, 0.3) is 0 Å². The van der Waals surface area contributed by atoms with E-state index in [1.165, 1.54) is 0 Å². The average molecular weight is 246 g/mol. The first kappa shape index (κ1) is 11.5. The van der Waals surface area contributed by atoms with Crippen LogP contribution in [-0.4, -0.2) is 41.6 Å². The Morgan fingerprint density at radius 2 is 2.11 bits per heavy atom. The highest BCUT2D eigenvalue weighted by Crippen LogP contribution is 2.27. The molecule has 0 spiro atoms. The molecular weight excluding hydrogens is 228 g/mol. The number of hydrogen-bond donors (Lipinski definition) is 2. The quantitative estimate of drug-likeness (QED) is 0.810. The molecule has 0 radical (unpaired) electrons. The van der Waals surface area contributed by atoms with Crippen LogP contribution in [0.1, 0.15) is 12.0 Å². The van der Waals surface area contributed by atoms with Crippen molar-refractivity contribution < 1.29 is 9.90 Å². The first-order chi connectivity index (χ1) is 8.74. The van der Waals surface area contributed by atoms with E-state index in [4.69, 9.17) is 0 Å². The number of likely N-dealkylation sites (tertiary alicyclic amines) is 1. The highest BCUT2D eigenvalue weighted by Gasteiger charge is 2.39. The lowest BCUT2D eigenvalue weighted by Crippen LogP contribution is -2.39. The standard InChI is InChI=1S/C14H18N2O2/c17-12-3-1-10(2-4-12)7-14(18)16-6-5-11-8-15-9-13(11)16/h1-4,11,13,15,17H,5-9H2/t11-,13+/m1/s1. The molecule has 0 bridgehead atoms. The third kappa shape index (κ3) is 2.08. The van der Waals surface area contributed by atoms with E-state index in [9.17, 15) is 9.90 Å². The summed E-state index contributed by atoms with van der Waals surface area (Å²) in [6, 6.07) is 7.29. The Balaban J connectivity index is 1.66. The van der Waals surface area contributed by atoms with Crippen LogP contribution >= 0.6 is 0 Å². The van der Waals surface area contributed by atoms with E-state index in [1.807, 2.05) is 17.0 Å². The number of fused-ring (bicyclic) bond motifs is 1. The Morgan fingerprint density at radius 3 is 2.89 bits per heavy atom. The monoisotopic (exact) mass is 246 g/mol. The van der Waals surface area contributed by atoms with Crippen molar-refractivity contribution in [2.45, 2.75) is 18.9 Å². The molecule has 2 heterocycles. The van der Waals surface area contributed by atoms with Crippen molar-refractivity contribution in [3.63, 3.8) is 0 Å². The minimum atomic E-state index is 0.205. The predicted molar refractivity (Wildman–Crippen MR) is 68.3 cm³/mol. The van der Waals surface area contributed by atoms with Crippen LogP contribution in [0.4, 0.5) is 0 Å². The Kier molecular flexibility index (Phi) is 2.96. The van der Waals surface area contributed by atoms with E-state index in [0.717, 1.165) is 31.6 Å². The lowest BCUT2D eigenvalue weighted by molar-refractivity contribution is -0.131. The van der Waals surface area contributed by atoms with Crippen LogP contribution in [0.5, 0.6) is 5.75 Å². The molecule has 2 aliphatic rings. The van der Waals surface area contributed by atoms with Gasteiger partial charge in [0.25, 0.3) is 0 Å². The van der Waals surface area contributed by atoms with Gasteiger partial charge in [0.1, 0.15) is 5.75 Å². The van der Waals surface area contributed by atoms with Gasteiger partial charge < -0.3 is 15.3 Å². The number of benzene rings is 1. The Hall–Kier alpha value is -1.55. The second kappa shape index (κ2) is 4.61. The van der Waals surface area contributed by atoms with E-state index in [0.29, 0.717) is 18.4 Å². The Morgan fingerprint density at radius 1 is 1.33 bits per heavy atom. The number of rotatable bonds is 2. The molecule has 3 rings (SSSR count). The summed E-state index contributed by atoms with van der Waals surface area (Å²) in [5.41, 5.74) is 0.965. The number of nitrogens with one attached hydrogen (secondary N) is 1. The molecule has 2 aliphatic heterocycles. The third-order valence-corrected chi connectivity index (χ3v) is 4.06. The van der Waals surface area contributed by atoms with E-state index in [-0.39, 0.29) is 11.7 Å². The van der Waals surface area contributed by atoms with Gasteiger partial charge in [0.05, 0.1) is 6.42 Å². The minimum absolute atomic E-state index is 0.205. The number of carbonyl (C=O) groups excluding carboxylic acids is 1. The van der Waals surface area contributed by atoms with Gasteiger partial charge in [-0.3, -0.25) is 4.79 Å². The molecule has 0 saturated carbocycles. The molecular formula is C14H18N2O2. The van der Waals surface area contributed by atoms with Crippen molar-refractivity contribution in [1.29, 1.82) is 0 Å². The Bertz CT molecular complexity index is 444.